The Kier molecular flexibility index (Phi) is 4.69. The van der Waals surface area contributed by atoms with E-state index in [4.69, 9.17) is 0 Å². The van der Waals surface area contributed by atoms with Crippen LogP contribution < -0.4 is 0 Å². The van der Waals surface area contributed by atoms with Crippen molar-refractivity contribution >= 4 is 21.8 Å². The van der Waals surface area contributed by atoms with E-state index in [0.29, 0.717) is 5.56 Å². The van der Waals surface area contributed by atoms with Crippen molar-refractivity contribution in [1.29, 1.82) is 0 Å². The highest BCUT2D eigenvalue weighted by atomic mass is 79.9. The van der Waals surface area contributed by atoms with Crippen molar-refractivity contribution in [2.24, 2.45) is 0 Å². The second-order valence-corrected chi connectivity index (χ2v) is 5.51. The molecule has 0 saturated carbocycles. The molecule has 0 aliphatic carbocycles. The third kappa shape index (κ3) is 3.21. The molecular weight excluding hydrogens is 310 g/mol. The zero-order valence-corrected chi connectivity index (χ0v) is 12.3. The van der Waals surface area contributed by atoms with Crippen molar-refractivity contribution in [2.45, 2.75) is 31.7 Å². The van der Waals surface area contributed by atoms with Crippen LogP contribution in [0, 0.1) is 0 Å². The Labute approximate surface area is 121 Å². The van der Waals surface area contributed by atoms with E-state index in [2.05, 4.69) is 15.9 Å². The van der Waals surface area contributed by atoms with Crippen molar-refractivity contribution in [2.75, 3.05) is 11.9 Å². The highest BCUT2D eigenvalue weighted by molar-refractivity contribution is 9.09. The van der Waals surface area contributed by atoms with Crippen LogP contribution in [-0.4, -0.2) is 38.9 Å². The predicted molar refractivity (Wildman–Crippen MR) is 76.9 cm³/mol. The van der Waals surface area contributed by atoms with Crippen molar-refractivity contribution < 1.29 is 15.0 Å². The van der Waals surface area contributed by atoms with E-state index < -0.39 is 0 Å². The molecular formula is C14H18BrNO3. The van der Waals surface area contributed by atoms with Gasteiger partial charge in [0.05, 0.1) is 0 Å². The van der Waals surface area contributed by atoms with E-state index in [1.807, 2.05) is 4.90 Å². The summed E-state index contributed by atoms with van der Waals surface area (Å²) < 4.78 is 0. The Bertz CT molecular complexity index is 464. The summed E-state index contributed by atoms with van der Waals surface area (Å²) >= 11 is 3.47. The first-order valence-electron chi connectivity index (χ1n) is 6.52. The van der Waals surface area contributed by atoms with Crippen LogP contribution >= 0.6 is 15.9 Å². The van der Waals surface area contributed by atoms with Crippen molar-refractivity contribution in [3.05, 3.63) is 23.8 Å². The molecule has 0 radical (unpaired) electrons. The highest BCUT2D eigenvalue weighted by Gasteiger charge is 2.25. The number of aromatic hydroxyl groups is 2. The Balaban J connectivity index is 2.22. The number of phenols is 2. The number of hydrogen-bond acceptors (Lipinski definition) is 3. The van der Waals surface area contributed by atoms with Gasteiger partial charge in [-0.1, -0.05) is 28.8 Å². The van der Waals surface area contributed by atoms with E-state index in [0.717, 1.165) is 37.6 Å². The Morgan fingerprint density at radius 1 is 1.26 bits per heavy atom. The number of benzene rings is 1. The van der Waals surface area contributed by atoms with Crippen LogP contribution in [0.15, 0.2) is 18.2 Å². The molecule has 5 heteroatoms. The van der Waals surface area contributed by atoms with Gasteiger partial charge in [-0.05, 0) is 31.0 Å². The molecule has 19 heavy (non-hydrogen) atoms. The highest BCUT2D eigenvalue weighted by Crippen LogP contribution is 2.27. The average molecular weight is 328 g/mol. The molecule has 1 unspecified atom stereocenters. The van der Waals surface area contributed by atoms with Crippen LogP contribution in [-0.2, 0) is 0 Å². The van der Waals surface area contributed by atoms with Gasteiger partial charge in [0.2, 0.25) is 0 Å². The van der Waals surface area contributed by atoms with E-state index in [1.54, 1.807) is 6.07 Å². The van der Waals surface area contributed by atoms with Crippen LogP contribution in [0.25, 0.3) is 0 Å². The molecule has 1 fully saturated rings. The van der Waals surface area contributed by atoms with Gasteiger partial charge in [-0.25, -0.2) is 0 Å². The number of hydrogen-bond donors (Lipinski definition) is 2. The summed E-state index contributed by atoms with van der Waals surface area (Å²) in [7, 11) is 0. The summed E-state index contributed by atoms with van der Waals surface area (Å²) in [6.45, 7) is 0.747. The minimum absolute atomic E-state index is 0.0818. The van der Waals surface area contributed by atoms with Gasteiger partial charge in [0.1, 0.15) is 0 Å². The van der Waals surface area contributed by atoms with Gasteiger partial charge in [0.15, 0.2) is 11.5 Å². The predicted octanol–water partition coefficient (Wildman–Crippen LogP) is 2.88. The lowest BCUT2D eigenvalue weighted by Gasteiger charge is -2.28. The Morgan fingerprint density at radius 2 is 2.05 bits per heavy atom. The number of alkyl halides is 1. The van der Waals surface area contributed by atoms with Gasteiger partial charge in [0, 0.05) is 23.5 Å². The third-order valence-electron chi connectivity index (χ3n) is 3.54. The fourth-order valence-corrected chi connectivity index (χ4v) is 3.10. The molecule has 1 aromatic rings. The van der Waals surface area contributed by atoms with Crippen LogP contribution in [0.2, 0.25) is 0 Å². The molecule has 1 saturated heterocycles. The summed E-state index contributed by atoms with van der Waals surface area (Å²) in [5.74, 6) is -0.540. The van der Waals surface area contributed by atoms with Crippen molar-refractivity contribution in [3.63, 3.8) is 0 Å². The molecule has 1 amide bonds. The first-order valence-corrected chi connectivity index (χ1v) is 7.64. The minimum Gasteiger partial charge on any atom is -0.504 e. The summed E-state index contributed by atoms with van der Waals surface area (Å²) in [6, 6.07) is 4.43. The topological polar surface area (TPSA) is 60.8 Å². The van der Waals surface area contributed by atoms with Gasteiger partial charge >= 0.3 is 0 Å². The standard InChI is InChI=1S/C14H18BrNO3/c15-9-11-4-2-1-3-7-16(11)14(19)10-5-6-12(17)13(18)8-10/h5-6,8,11,17-18H,1-4,7,9H2. The number of nitrogens with zero attached hydrogens (tertiary/aromatic N) is 1. The first kappa shape index (κ1) is 14.2. The molecule has 1 atom stereocenters. The smallest absolute Gasteiger partial charge is 0.254 e. The van der Waals surface area contributed by atoms with E-state index in [-0.39, 0.29) is 23.4 Å². The Morgan fingerprint density at radius 3 is 2.74 bits per heavy atom. The van der Waals surface area contributed by atoms with Crippen LogP contribution in [0.3, 0.4) is 0 Å². The second kappa shape index (κ2) is 6.28. The molecule has 0 bridgehead atoms. The number of rotatable bonds is 2. The summed E-state index contributed by atoms with van der Waals surface area (Å²) in [6.07, 6.45) is 4.30. The van der Waals surface area contributed by atoms with Gasteiger partial charge < -0.3 is 15.1 Å². The number of amides is 1. The van der Waals surface area contributed by atoms with E-state index >= 15 is 0 Å². The lowest BCUT2D eigenvalue weighted by Crippen LogP contribution is -2.41. The zero-order chi connectivity index (χ0) is 13.8. The number of halogens is 1. The number of carbonyl (C=O) groups is 1. The maximum atomic E-state index is 12.5. The lowest BCUT2D eigenvalue weighted by molar-refractivity contribution is 0.0702. The zero-order valence-electron chi connectivity index (χ0n) is 10.7. The third-order valence-corrected chi connectivity index (χ3v) is 4.29. The molecule has 104 valence electrons. The van der Waals surface area contributed by atoms with Crippen molar-refractivity contribution in [1.82, 2.24) is 4.90 Å². The molecule has 1 heterocycles. The number of carbonyl (C=O) groups excluding carboxylic acids is 1. The maximum Gasteiger partial charge on any atom is 0.254 e. The number of phenolic OH excluding ortho intramolecular Hbond substituents is 2. The summed E-state index contributed by atoms with van der Waals surface area (Å²) in [5, 5.41) is 19.6. The molecule has 1 aromatic carbocycles. The van der Waals surface area contributed by atoms with Gasteiger partial charge in [-0.3, -0.25) is 4.79 Å². The number of likely N-dealkylation sites (tertiary alicyclic amines) is 1. The lowest BCUT2D eigenvalue weighted by atomic mass is 10.1. The molecule has 2 rings (SSSR count). The van der Waals surface area contributed by atoms with Crippen LogP contribution in [0.4, 0.5) is 0 Å². The van der Waals surface area contributed by atoms with E-state index in [1.165, 1.54) is 12.1 Å². The van der Waals surface area contributed by atoms with Gasteiger partial charge in [0.25, 0.3) is 5.91 Å². The second-order valence-electron chi connectivity index (χ2n) is 4.86. The largest absolute Gasteiger partial charge is 0.504 e. The van der Waals surface area contributed by atoms with E-state index in [9.17, 15) is 15.0 Å². The molecule has 1 aliphatic heterocycles. The quantitative estimate of drug-likeness (QED) is 0.648. The average Bonchev–Trinajstić information content (AvgIpc) is 2.66. The molecule has 1 aliphatic rings. The van der Waals surface area contributed by atoms with Crippen LogP contribution in [0.5, 0.6) is 11.5 Å². The van der Waals surface area contributed by atoms with Gasteiger partial charge in [-0.15, -0.1) is 0 Å². The maximum absolute atomic E-state index is 12.5. The SMILES string of the molecule is O=C(c1ccc(O)c(O)c1)N1CCCCCC1CBr. The minimum atomic E-state index is -0.254. The van der Waals surface area contributed by atoms with Crippen LogP contribution in [0.1, 0.15) is 36.0 Å². The fourth-order valence-electron chi connectivity index (χ4n) is 2.43. The first-order chi connectivity index (χ1) is 9.13. The van der Waals surface area contributed by atoms with Gasteiger partial charge in [-0.2, -0.15) is 0 Å². The molecule has 0 aromatic heterocycles. The monoisotopic (exact) mass is 327 g/mol. The molecule has 4 nitrogen and oxygen atoms in total. The summed E-state index contributed by atoms with van der Waals surface area (Å²) in [4.78, 5) is 14.4. The fraction of sp³-hybridized carbons (Fsp3) is 0.500. The molecule has 0 spiro atoms. The molecule has 2 N–H and O–H groups in total. The summed E-state index contributed by atoms with van der Waals surface area (Å²) in [5.41, 5.74) is 0.420. The normalized spacial score (nSPS) is 20.1. The Hall–Kier alpha value is -1.23. The van der Waals surface area contributed by atoms with Crippen molar-refractivity contribution in [3.8, 4) is 11.5 Å².